The monoisotopic (exact) mass is 385 g/mol. The second-order valence-electron chi connectivity index (χ2n) is 7.43. The van der Waals surface area contributed by atoms with Crippen LogP contribution in [0.25, 0.3) is 0 Å². The summed E-state index contributed by atoms with van der Waals surface area (Å²) in [6, 6.07) is 1.88. The molecule has 1 aromatic heterocycles. The highest BCUT2D eigenvalue weighted by atomic mass is 32.2. The highest BCUT2D eigenvalue weighted by Gasteiger charge is 2.39. The van der Waals surface area contributed by atoms with E-state index in [4.69, 9.17) is 4.74 Å². The predicted octanol–water partition coefficient (Wildman–Crippen LogP) is 1.72. The summed E-state index contributed by atoms with van der Waals surface area (Å²) in [5.41, 5.74) is 0.435. The Morgan fingerprint density at radius 2 is 2.20 bits per heavy atom. The van der Waals surface area contributed by atoms with Crippen LogP contribution in [0.2, 0.25) is 0 Å². The molecule has 1 N–H and O–H groups in total. The molecule has 1 saturated heterocycles. The third-order valence-electron chi connectivity index (χ3n) is 4.81. The first kappa shape index (κ1) is 18.4. The van der Waals surface area contributed by atoms with Gasteiger partial charge in [-0.3, -0.25) is 4.79 Å². The standard InChI is InChI=1S/C17H23NO5S2/c1-11-3-4-13-12(7-11)8-14(24-13)16(20)23-9-15(19)18-17(2)5-6-25(21,22)10-17/h8,11H,3-7,9-10H2,1-2H3,(H,18,19)/t11-,17-/m0/s1. The minimum Gasteiger partial charge on any atom is -0.451 e. The van der Waals surface area contributed by atoms with Gasteiger partial charge in [0.15, 0.2) is 16.4 Å². The van der Waals surface area contributed by atoms with E-state index in [2.05, 4.69) is 12.2 Å². The maximum Gasteiger partial charge on any atom is 0.348 e. The number of amides is 1. The molecule has 0 bridgehead atoms. The van der Waals surface area contributed by atoms with Gasteiger partial charge in [0.1, 0.15) is 4.88 Å². The van der Waals surface area contributed by atoms with Gasteiger partial charge in [-0.15, -0.1) is 11.3 Å². The molecule has 1 aromatic rings. The highest BCUT2D eigenvalue weighted by Crippen LogP contribution is 2.32. The van der Waals surface area contributed by atoms with E-state index >= 15 is 0 Å². The lowest BCUT2D eigenvalue weighted by Crippen LogP contribution is -2.48. The van der Waals surface area contributed by atoms with Crippen LogP contribution in [0.5, 0.6) is 0 Å². The smallest absolute Gasteiger partial charge is 0.348 e. The zero-order chi connectivity index (χ0) is 18.2. The van der Waals surface area contributed by atoms with E-state index in [1.54, 1.807) is 6.92 Å². The summed E-state index contributed by atoms with van der Waals surface area (Å²) in [6.07, 6.45) is 3.48. The number of aryl methyl sites for hydroxylation is 1. The fraction of sp³-hybridized carbons (Fsp3) is 0.647. The Hall–Kier alpha value is -1.41. The van der Waals surface area contributed by atoms with Gasteiger partial charge in [0.25, 0.3) is 5.91 Å². The molecule has 0 radical (unpaired) electrons. The zero-order valence-electron chi connectivity index (χ0n) is 14.5. The van der Waals surface area contributed by atoms with Crippen molar-refractivity contribution in [1.29, 1.82) is 0 Å². The second kappa shape index (κ2) is 6.72. The van der Waals surface area contributed by atoms with Crippen molar-refractivity contribution in [2.45, 2.75) is 45.1 Å². The molecule has 1 amide bonds. The first-order valence-corrected chi connectivity index (χ1v) is 11.1. The van der Waals surface area contributed by atoms with E-state index in [1.807, 2.05) is 6.07 Å². The third-order valence-corrected chi connectivity index (χ3v) is 7.93. The number of carbonyl (C=O) groups is 2. The summed E-state index contributed by atoms with van der Waals surface area (Å²) in [5.74, 6) is -0.340. The first-order chi connectivity index (χ1) is 11.7. The van der Waals surface area contributed by atoms with E-state index in [9.17, 15) is 18.0 Å². The van der Waals surface area contributed by atoms with Crippen molar-refractivity contribution in [3.8, 4) is 0 Å². The van der Waals surface area contributed by atoms with Crippen LogP contribution in [0.1, 0.15) is 46.8 Å². The van der Waals surface area contributed by atoms with Gasteiger partial charge in [-0.25, -0.2) is 13.2 Å². The number of ether oxygens (including phenoxy) is 1. The van der Waals surface area contributed by atoms with Crippen LogP contribution in [-0.2, 0) is 32.2 Å². The number of carbonyl (C=O) groups excluding carboxylic acids is 2. The van der Waals surface area contributed by atoms with E-state index in [1.165, 1.54) is 21.8 Å². The summed E-state index contributed by atoms with van der Waals surface area (Å²) in [5, 5.41) is 2.68. The number of thiophene rings is 1. The van der Waals surface area contributed by atoms with E-state index in [0.29, 0.717) is 17.2 Å². The van der Waals surface area contributed by atoms with E-state index in [0.717, 1.165) is 19.3 Å². The maximum atomic E-state index is 12.2. The Morgan fingerprint density at radius 1 is 1.44 bits per heavy atom. The summed E-state index contributed by atoms with van der Waals surface area (Å²) in [6.45, 7) is 3.51. The largest absolute Gasteiger partial charge is 0.451 e. The van der Waals surface area contributed by atoms with Crippen LogP contribution in [0.3, 0.4) is 0 Å². The van der Waals surface area contributed by atoms with Gasteiger partial charge in [0, 0.05) is 4.88 Å². The molecule has 2 aliphatic rings. The zero-order valence-corrected chi connectivity index (χ0v) is 16.1. The predicted molar refractivity (Wildman–Crippen MR) is 95.6 cm³/mol. The molecule has 6 nitrogen and oxygen atoms in total. The molecule has 138 valence electrons. The molecular weight excluding hydrogens is 362 g/mol. The molecule has 0 unspecified atom stereocenters. The topological polar surface area (TPSA) is 89.5 Å². The Balaban J connectivity index is 1.53. The molecule has 1 fully saturated rings. The van der Waals surface area contributed by atoms with Crippen LogP contribution < -0.4 is 5.32 Å². The molecule has 0 spiro atoms. The van der Waals surface area contributed by atoms with Crippen molar-refractivity contribution < 1.29 is 22.7 Å². The van der Waals surface area contributed by atoms with Gasteiger partial charge in [0.2, 0.25) is 0 Å². The Labute approximate surface area is 151 Å². The molecule has 8 heteroatoms. The SMILES string of the molecule is C[C@H]1CCc2sc(C(=O)OCC(=O)N[C@@]3(C)CCS(=O)(=O)C3)cc2C1. The van der Waals surface area contributed by atoms with E-state index in [-0.39, 0.29) is 11.5 Å². The summed E-state index contributed by atoms with van der Waals surface area (Å²) in [4.78, 5) is 26.0. The van der Waals surface area contributed by atoms with Crippen molar-refractivity contribution in [3.63, 3.8) is 0 Å². The lowest BCUT2D eigenvalue weighted by atomic mass is 9.90. The van der Waals surface area contributed by atoms with Crippen LogP contribution in [0, 0.1) is 5.92 Å². The van der Waals surface area contributed by atoms with Crippen molar-refractivity contribution in [2.24, 2.45) is 5.92 Å². The van der Waals surface area contributed by atoms with Crippen LogP contribution >= 0.6 is 11.3 Å². The van der Waals surface area contributed by atoms with Crippen LogP contribution in [-0.4, -0.2) is 43.9 Å². The highest BCUT2D eigenvalue weighted by molar-refractivity contribution is 7.91. The minimum absolute atomic E-state index is 0.0722. The fourth-order valence-corrected chi connectivity index (χ4v) is 6.69. The Kier molecular flexibility index (Phi) is 4.94. The molecular formula is C17H23NO5S2. The second-order valence-corrected chi connectivity index (χ2v) is 10.8. The van der Waals surface area contributed by atoms with Crippen molar-refractivity contribution in [3.05, 3.63) is 21.4 Å². The lowest BCUT2D eigenvalue weighted by Gasteiger charge is -2.23. The molecule has 3 rings (SSSR count). The molecule has 2 atom stereocenters. The molecule has 1 aliphatic carbocycles. The van der Waals surface area contributed by atoms with Gasteiger partial charge < -0.3 is 10.1 Å². The minimum atomic E-state index is -3.10. The number of hydrogen-bond donors (Lipinski definition) is 1. The fourth-order valence-electron chi connectivity index (χ4n) is 3.49. The summed E-state index contributed by atoms with van der Waals surface area (Å²) >= 11 is 1.44. The van der Waals surface area contributed by atoms with Gasteiger partial charge >= 0.3 is 5.97 Å². The molecule has 0 aromatic carbocycles. The van der Waals surface area contributed by atoms with E-state index < -0.39 is 33.9 Å². The van der Waals surface area contributed by atoms with Crippen molar-refractivity contribution in [2.75, 3.05) is 18.1 Å². The van der Waals surface area contributed by atoms with Gasteiger partial charge in [-0.2, -0.15) is 0 Å². The van der Waals surface area contributed by atoms with Crippen LogP contribution in [0.4, 0.5) is 0 Å². The first-order valence-electron chi connectivity index (χ1n) is 8.46. The number of hydrogen-bond acceptors (Lipinski definition) is 6. The van der Waals surface area contributed by atoms with Crippen molar-refractivity contribution in [1.82, 2.24) is 5.32 Å². The molecule has 0 saturated carbocycles. The summed E-state index contributed by atoms with van der Waals surface area (Å²) < 4.78 is 28.2. The van der Waals surface area contributed by atoms with Gasteiger partial charge in [-0.05, 0) is 50.2 Å². The van der Waals surface area contributed by atoms with Crippen molar-refractivity contribution >= 4 is 33.1 Å². The normalized spacial score (nSPS) is 27.5. The number of nitrogens with one attached hydrogen (secondary N) is 1. The summed E-state index contributed by atoms with van der Waals surface area (Å²) in [7, 11) is -3.10. The quantitative estimate of drug-likeness (QED) is 0.797. The Morgan fingerprint density at radius 3 is 2.88 bits per heavy atom. The van der Waals surface area contributed by atoms with Gasteiger partial charge in [0.05, 0.1) is 17.0 Å². The van der Waals surface area contributed by atoms with Gasteiger partial charge in [-0.1, -0.05) is 6.92 Å². The maximum absolute atomic E-state index is 12.2. The molecule has 2 heterocycles. The van der Waals surface area contributed by atoms with Crippen LogP contribution in [0.15, 0.2) is 6.07 Å². The average Bonchev–Trinajstić information content (AvgIpc) is 3.04. The number of sulfone groups is 1. The third kappa shape index (κ3) is 4.41. The lowest BCUT2D eigenvalue weighted by molar-refractivity contribution is -0.125. The number of rotatable bonds is 4. The number of fused-ring (bicyclic) bond motifs is 1. The molecule has 1 aliphatic heterocycles. The average molecular weight is 386 g/mol. The Bertz CT molecular complexity index is 798. The number of esters is 1. The molecule has 25 heavy (non-hydrogen) atoms.